The van der Waals surface area contributed by atoms with Gasteiger partial charge in [0.2, 0.25) is 0 Å². The van der Waals surface area contributed by atoms with E-state index in [0.29, 0.717) is 17.4 Å². The number of hydrogen-bond donors (Lipinski definition) is 1. The Morgan fingerprint density at radius 1 is 0.931 bits per heavy atom. The normalized spacial score (nSPS) is 11.1. The number of fused-ring (bicyclic) bond motifs is 1. The van der Waals surface area contributed by atoms with E-state index in [1.165, 1.54) is 5.56 Å². The minimum Gasteiger partial charge on any atom is -0.493 e. The highest BCUT2D eigenvalue weighted by Gasteiger charge is 2.14. The molecule has 0 amide bonds. The molecule has 1 N–H and O–H groups in total. The molecule has 2 aromatic carbocycles. The molecule has 4 aromatic rings. The van der Waals surface area contributed by atoms with Crippen LogP contribution in [0.25, 0.3) is 21.3 Å². The molecule has 5 nitrogen and oxygen atoms in total. The molecule has 4 rings (SSSR count). The summed E-state index contributed by atoms with van der Waals surface area (Å²) in [6.45, 7) is 4.40. The molecule has 29 heavy (non-hydrogen) atoms. The third-order valence-electron chi connectivity index (χ3n) is 4.90. The standard InChI is InChI=1S/C23H23N3O2S/c1-14(2)15-5-7-16(8-6-15)18-12-29-23-21(18)22(24-13-25-23)26-17-9-10-19(27-3)20(11-17)28-4/h5-14H,1-4H3,(H,24,25,26). The van der Waals surface area contributed by atoms with Gasteiger partial charge >= 0.3 is 0 Å². The van der Waals surface area contributed by atoms with Gasteiger partial charge in [0.1, 0.15) is 17.0 Å². The summed E-state index contributed by atoms with van der Waals surface area (Å²) < 4.78 is 10.7. The third kappa shape index (κ3) is 3.76. The minimum atomic E-state index is 0.508. The van der Waals surface area contributed by atoms with Crippen molar-refractivity contribution in [3.63, 3.8) is 0 Å². The molecule has 0 bridgehead atoms. The number of aromatic nitrogens is 2. The average molecular weight is 406 g/mol. The van der Waals surface area contributed by atoms with E-state index < -0.39 is 0 Å². The summed E-state index contributed by atoms with van der Waals surface area (Å²) in [5, 5.41) is 6.58. The van der Waals surface area contributed by atoms with E-state index in [-0.39, 0.29) is 0 Å². The van der Waals surface area contributed by atoms with Crippen molar-refractivity contribution >= 4 is 33.1 Å². The molecule has 0 radical (unpaired) electrons. The maximum absolute atomic E-state index is 5.41. The van der Waals surface area contributed by atoms with E-state index in [1.807, 2.05) is 18.2 Å². The quantitative estimate of drug-likeness (QED) is 0.411. The van der Waals surface area contributed by atoms with Crippen molar-refractivity contribution in [3.8, 4) is 22.6 Å². The summed E-state index contributed by atoms with van der Waals surface area (Å²) in [6, 6.07) is 14.4. The van der Waals surface area contributed by atoms with Gasteiger partial charge in [-0.05, 0) is 29.2 Å². The second-order valence-electron chi connectivity index (χ2n) is 7.02. The third-order valence-corrected chi connectivity index (χ3v) is 5.79. The fourth-order valence-corrected chi connectivity index (χ4v) is 4.20. The molecule has 0 saturated carbocycles. The van der Waals surface area contributed by atoms with Crippen LogP contribution in [0.15, 0.2) is 54.2 Å². The van der Waals surface area contributed by atoms with Gasteiger partial charge in [0, 0.05) is 22.7 Å². The number of rotatable bonds is 6. The van der Waals surface area contributed by atoms with Crippen molar-refractivity contribution in [2.45, 2.75) is 19.8 Å². The van der Waals surface area contributed by atoms with Crippen molar-refractivity contribution in [2.24, 2.45) is 0 Å². The fraction of sp³-hybridized carbons (Fsp3) is 0.217. The summed E-state index contributed by atoms with van der Waals surface area (Å²) in [4.78, 5) is 9.93. The molecule has 0 unspecified atom stereocenters. The molecule has 0 aliphatic carbocycles. The predicted molar refractivity (Wildman–Crippen MR) is 120 cm³/mol. The van der Waals surface area contributed by atoms with E-state index in [4.69, 9.17) is 9.47 Å². The molecule has 6 heteroatoms. The highest BCUT2D eigenvalue weighted by atomic mass is 32.1. The van der Waals surface area contributed by atoms with Crippen LogP contribution in [0.5, 0.6) is 11.5 Å². The summed E-state index contributed by atoms with van der Waals surface area (Å²) in [5.74, 6) is 2.63. The second kappa shape index (κ2) is 8.09. The van der Waals surface area contributed by atoms with Crippen molar-refractivity contribution < 1.29 is 9.47 Å². The van der Waals surface area contributed by atoms with Crippen LogP contribution in [-0.2, 0) is 0 Å². The SMILES string of the molecule is COc1ccc(Nc2ncnc3scc(-c4ccc(C(C)C)cc4)c23)cc1OC. The molecule has 0 saturated heterocycles. The lowest BCUT2D eigenvalue weighted by atomic mass is 9.99. The van der Waals surface area contributed by atoms with Gasteiger partial charge in [-0.1, -0.05) is 38.1 Å². The van der Waals surface area contributed by atoms with Crippen LogP contribution in [0.4, 0.5) is 11.5 Å². The topological polar surface area (TPSA) is 56.3 Å². The number of nitrogens with one attached hydrogen (secondary N) is 1. The van der Waals surface area contributed by atoms with E-state index in [1.54, 1.807) is 31.9 Å². The van der Waals surface area contributed by atoms with Gasteiger partial charge in [0.25, 0.3) is 0 Å². The zero-order valence-corrected chi connectivity index (χ0v) is 17.7. The van der Waals surface area contributed by atoms with Gasteiger partial charge in [0.15, 0.2) is 11.5 Å². The van der Waals surface area contributed by atoms with Gasteiger partial charge in [-0.15, -0.1) is 11.3 Å². The number of anilines is 2. The summed E-state index contributed by atoms with van der Waals surface area (Å²) >= 11 is 1.62. The van der Waals surface area contributed by atoms with Crippen LogP contribution >= 0.6 is 11.3 Å². The van der Waals surface area contributed by atoms with E-state index in [0.717, 1.165) is 32.8 Å². The first-order valence-electron chi connectivity index (χ1n) is 9.42. The van der Waals surface area contributed by atoms with Crippen LogP contribution in [0.3, 0.4) is 0 Å². The van der Waals surface area contributed by atoms with Gasteiger partial charge < -0.3 is 14.8 Å². The Labute approximate surface area is 174 Å². The molecule has 2 aromatic heterocycles. The van der Waals surface area contributed by atoms with Crippen LogP contribution in [0, 0.1) is 0 Å². The minimum absolute atomic E-state index is 0.508. The van der Waals surface area contributed by atoms with E-state index >= 15 is 0 Å². The summed E-state index contributed by atoms with van der Waals surface area (Å²) in [5.41, 5.74) is 4.48. The first-order valence-corrected chi connectivity index (χ1v) is 10.3. The average Bonchev–Trinajstić information content (AvgIpc) is 3.19. The Morgan fingerprint density at radius 2 is 1.69 bits per heavy atom. The van der Waals surface area contributed by atoms with Crippen molar-refractivity contribution in [2.75, 3.05) is 19.5 Å². The molecule has 0 aliphatic rings. The van der Waals surface area contributed by atoms with Crippen LogP contribution in [-0.4, -0.2) is 24.2 Å². The second-order valence-corrected chi connectivity index (χ2v) is 7.88. The first kappa shape index (κ1) is 19.2. The molecule has 0 aliphatic heterocycles. The van der Waals surface area contributed by atoms with Crippen molar-refractivity contribution in [1.82, 2.24) is 9.97 Å². The maximum Gasteiger partial charge on any atom is 0.162 e. The molecular weight excluding hydrogens is 382 g/mol. The summed E-state index contributed by atoms with van der Waals surface area (Å²) in [7, 11) is 3.25. The zero-order chi connectivity index (χ0) is 20.4. The Balaban J connectivity index is 1.75. The van der Waals surface area contributed by atoms with Gasteiger partial charge in [-0.3, -0.25) is 0 Å². The number of methoxy groups -OCH3 is 2. The van der Waals surface area contributed by atoms with Crippen LogP contribution in [0.1, 0.15) is 25.3 Å². The maximum atomic E-state index is 5.41. The predicted octanol–water partition coefficient (Wildman–Crippen LogP) is 6.24. The number of nitrogens with zero attached hydrogens (tertiary/aromatic N) is 2. The van der Waals surface area contributed by atoms with E-state index in [2.05, 4.69) is 58.8 Å². The lowest BCUT2D eigenvalue weighted by Crippen LogP contribution is -1.97. The van der Waals surface area contributed by atoms with Gasteiger partial charge in [0.05, 0.1) is 19.6 Å². The molecule has 0 spiro atoms. The molecule has 2 heterocycles. The van der Waals surface area contributed by atoms with Gasteiger partial charge in [-0.2, -0.15) is 0 Å². The fourth-order valence-electron chi connectivity index (χ4n) is 3.28. The molecule has 0 atom stereocenters. The van der Waals surface area contributed by atoms with E-state index in [9.17, 15) is 0 Å². The monoisotopic (exact) mass is 405 g/mol. The van der Waals surface area contributed by atoms with Crippen molar-refractivity contribution in [3.05, 3.63) is 59.7 Å². The van der Waals surface area contributed by atoms with Crippen molar-refractivity contribution in [1.29, 1.82) is 0 Å². The molecular formula is C23H23N3O2S. The Bertz CT molecular complexity index is 1140. The zero-order valence-electron chi connectivity index (χ0n) is 16.9. The number of hydrogen-bond acceptors (Lipinski definition) is 6. The first-order chi connectivity index (χ1) is 14.1. The summed E-state index contributed by atoms with van der Waals surface area (Å²) in [6.07, 6.45) is 1.59. The lowest BCUT2D eigenvalue weighted by Gasteiger charge is -2.12. The highest BCUT2D eigenvalue weighted by Crippen LogP contribution is 2.38. The van der Waals surface area contributed by atoms with Crippen LogP contribution in [0.2, 0.25) is 0 Å². The largest absolute Gasteiger partial charge is 0.493 e. The lowest BCUT2D eigenvalue weighted by molar-refractivity contribution is 0.355. The Hall–Kier alpha value is -3.12. The smallest absolute Gasteiger partial charge is 0.162 e. The van der Waals surface area contributed by atoms with Gasteiger partial charge in [-0.25, -0.2) is 9.97 Å². The number of ether oxygens (including phenoxy) is 2. The van der Waals surface area contributed by atoms with Crippen LogP contribution < -0.4 is 14.8 Å². The Morgan fingerprint density at radius 3 is 2.38 bits per heavy atom. The molecule has 0 fully saturated rings. The number of thiophene rings is 1. The molecule has 148 valence electrons. The Kier molecular flexibility index (Phi) is 5.36. The number of benzene rings is 2. The highest BCUT2D eigenvalue weighted by molar-refractivity contribution is 7.17.